The number of hydrogen-bond acceptors (Lipinski definition) is 3. The highest BCUT2D eigenvalue weighted by Crippen LogP contribution is 2.36. The first-order valence-corrected chi connectivity index (χ1v) is 9.06. The van der Waals surface area contributed by atoms with Crippen LogP contribution in [0.2, 0.25) is 0 Å². The summed E-state index contributed by atoms with van der Waals surface area (Å²) in [5.41, 5.74) is -0.0460. The van der Waals surface area contributed by atoms with Crippen LogP contribution in [0.15, 0.2) is 30.3 Å². The van der Waals surface area contributed by atoms with E-state index in [-0.39, 0.29) is 18.2 Å². The number of hydrogen-bond donors (Lipinski definition) is 0. The lowest BCUT2D eigenvalue weighted by molar-refractivity contribution is -0.0747. The van der Waals surface area contributed by atoms with Crippen molar-refractivity contribution < 1.29 is 14.3 Å². The van der Waals surface area contributed by atoms with E-state index in [2.05, 4.69) is 28.1 Å². The molecule has 1 aliphatic rings. The molecule has 1 amide bonds. The maximum absolute atomic E-state index is 12.7. The number of alkyl halides is 1. The number of rotatable bonds is 3. The fourth-order valence-corrected chi connectivity index (χ4v) is 3.51. The zero-order chi connectivity index (χ0) is 17.3. The van der Waals surface area contributed by atoms with Crippen molar-refractivity contribution in [3.05, 3.63) is 35.9 Å². The molecule has 0 radical (unpaired) electrons. The third-order valence-electron chi connectivity index (χ3n) is 3.81. The topological polar surface area (TPSA) is 38.8 Å². The molecule has 0 saturated carbocycles. The second kappa shape index (κ2) is 6.81. The van der Waals surface area contributed by atoms with Crippen molar-refractivity contribution in [3.8, 4) is 0 Å². The van der Waals surface area contributed by atoms with Gasteiger partial charge in [0.15, 0.2) is 0 Å². The Morgan fingerprint density at radius 2 is 1.91 bits per heavy atom. The molecule has 128 valence electrons. The Balaban J connectivity index is 2.28. The van der Waals surface area contributed by atoms with E-state index >= 15 is 0 Å². The van der Waals surface area contributed by atoms with E-state index in [0.29, 0.717) is 5.33 Å². The molecule has 1 fully saturated rings. The van der Waals surface area contributed by atoms with Gasteiger partial charge in [0.05, 0.1) is 12.1 Å². The van der Waals surface area contributed by atoms with Gasteiger partial charge >= 0.3 is 6.09 Å². The molecule has 1 aromatic carbocycles. The first-order chi connectivity index (χ1) is 10.6. The molecule has 1 saturated heterocycles. The molecule has 1 aliphatic heterocycles. The first kappa shape index (κ1) is 18.3. The average Bonchev–Trinajstić information content (AvgIpc) is 2.68. The van der Waals surface area contributed by atoms with Crippen LogP contribution in [-0.4, -0.2) is 39.8 Å². The molecule has 1 heterocycles. The quantitative estimate of drug-likeness (QED) is 0.727. The third kappa shape index (κ3) is 4.48. The largest absolute Gasteiger partial charge is 0.444 e. The highest BCUT2D eigenvalue weighted by atomic mass is 79.9. The van der Waals surface area contributed by atoms with Crippen molar-refractivity contribution in [1.82, 2.24) is 4.90 Å². The van der Waals surface area contributed by atoms with E-state index in [1.165, 1.54) is 5.56 Å². The van der Waals surface area contributed by atoms with Gasteiger partial charge in [-0.3, -0.25) is 4.90 Å². The Bertz CT molecular complexity index is 539. The summed E-state index contributed by atoms with van der Waals surface area (Å²) in [7, 11) is 0. The van der Waals surface area contributed by atoms with Gasteiger partial charge in [-0.05, 0) is 46.6 Å². The number of amides is 1. The maximum atomic E-state index is 12.7. The van der Waals surface area contributed by atoms with Gasteiger partial charge in [-0.25, -0.2) is 4.79 Å². The molecule has 2 atom stereocenters. The summed E-state index contributed by atoms with van der Waals surface area (Å²) in [6.07, 6.45) is 0.337. The molecule has 23 heavy (non-hydrogen) atoms. The summed E-state index contributed by atoms with van der Waals surface area (Å²) in [6, 6.07) is 10.1. The van der Waals surface area contributed by atoms with Crippen LogP contribution >= 0.6 is 15.9 Å². The molecule has 5 heteroatoms. The van der Waals surface area contributed by atoms with Crippen LogP contribution < -0.4 is 0 Å². The second-order valence-corrected chi connectivity index (χ2v) is 8.01. The lowest BCUT2D eigenvalue weighted by Crippen LogP contribution is -2.51. The summed E-state index contributed by atoms with van der Waals surface area (Å²) < 4.78 is 11.7. The van der Waals surface area contributed by atoms with Crippen LogP contribution in [0.1, 0.15) is 40.2 Å². The normalized spacial score (nSPS) is 23.8. The Labute approximate surface area is 147 Å². The monoisotopic (exact) mass is 383 g/mol. The number of carbonyl (C=O) groups is 1. The van der Waals surface area contributed by atoms with E-state index in [4.69, 9.17) is 9.47 Å². The Morgan fingerprint density at radius 3 is 2.43 bits per heavy atom. The summed E-state index contributed by atoms with van der Waals surface area (Å²) in [5.74, 6) is 0. The SMILES string of the molecule is CC(C)(C)OC(=O)N1[C@@H](Cc2ccccc2)[C@@H](CBr)OC1(C)C. The summed E-state index contributed by atoms with van der Waals surface area (Å²) in [5, 5.41) is 0.674. The summed E-state index contributed by atoms with van der Waals surface area (Å²) in [4.78, 5) is 14.5. The van der Waals surface area contributed by atoms with Gasteiger partial charge in [-0.15, -0.1) is 0 Å². The van der Waals surface area contributed by atoms with Gasteiger partial charge in [0.25, 0.3) is 0 Å². The zero-order valence-corrected chi connectivity index (χ0v) is 16.1. The molecule has 0 N–H and O–H groups in total. The van der Waals surface area contributed by atoms with Crippen LogP contribution in [0, 0.1) is 0 Å². The van der Waals surface area contributed by atoms with Crippen LogP contribution in [0.4, 0.5) is 4.79 Å². The van der Waals surface area contributed by atoms with Crippen molar-refractivity contribution in [2.45, 2.75) is 64.5 Å². The van der Waals surface area contributed by atoms with Crippen molar-refractivity contribution >= 4 is 22.0 Å². The van der Waals surface area contributed by atoms with E-state index in [1.54, 1.807) is 4.90 Å². The summed E-state index contributed by atoms with van der Waals surface area (Å²) in [6.45, 7) is 9.46. The van der Waals surface area contributed by atoms with Crippen molar-refractivity contribution in [1.29, 1.82) is 0 Å². The molecule has 0 unspecified atom stereocenters. The molecular weight excluding hydrogens is 358 g/mol. The second-order valence-electron chi connectivity index (χ2n) is 7.36. The van der Waals surface area contributed by atoms with Crippen molar-refractivity contribution in [3.63, 3.8) is 0 Å². The molecule has 2 rings (SSSR count). The lowest BCUT2D eigenvalue weighted by atomic mass is 10.0. The number of benzene rings is 1. The lowest BCUT2D eigenvalue weighted by Gasteiger charge is -2.35. The van der Waals surface area contributed by atoms with Crippen molar-refractivity contribution in [2.24, 2.45) is 0 Å². The summed E-state index contributed by atoms with van der Waals surface area (Å²) >= 11 is 3.52. The van der Waals surface area contributed by atoms with Gasteiger partial charge in [-0.2, -0.15) is 0 Å². The van der Waals surface area contributed by atoms with E-state index in [9.17, 15) is 4.79 Å². The van der Waals surface area contributed by atoms with Gasteiger partial charge in [0.1, 0.15) is 11.3 Å². The molecule has 0 aliphatic carbocycles. The highest BCUT2D eigenvalue weighted by molar-refractivity contribution is 9.09. The van der Waals surface area contributed by atoms with Crippen LogP contribution in [0.25, 0.3) is 0 Å². The van der Waals surface area contributed by atoms with Crippen LogP contribution in [0.5, 0.6) is 0 Å². The minimum absolute atomic E-state index is 0.0679. The fourth-order valence-electron chi connectivity index (χ4n) is 2.95. The Hall–Kier alpha value is -1.07. The number of nitrogens with zero attached hydrogens (tertiary/aromatic N) is 1. The minimum Gasteiger partial charge on any atom is -0.444 e. The molecular formula is C18H26BrNO3. The third-order valence-corrected chi connectivity index (χ3v) is 4.45. The predicted octanol–water partition coefficient (Wildman–Crippen LogP) is 4.36. The van der Waals surface area contributed by atoms with Crippen LogP contribution in [0.3, 0.4) is 0 Å². The molecule has 0 aromatic heterocycles. The highest BCUT2D eigenvalue weighted by Gasteiger charge is 2.50. The zero-order valence-electron chi connectivity index (χ0n) is 14.5. The van der Waals surface area contributed by atoms with Crippen molar-refractivity contribution in [2.75, 3.05) is 5.33 Å². The number of ether oxygens (including phenoxy) is 2. The number of carbonyl (C=O) groups excluding carboxylic acids is 1. The Kier molecular flexibility index (Phi) is 5.41. The molecule has 4 nitrogen and oxygen atoms in total. The van der Waals surface area contributed by atoms with E-state index < -0.39 is 11.3 Å². The molecule has 1 aromatic rings. The van der Waals surface area contributed by atoms with E-state index in [1.807, 2.05) is 52.8 Å². The fraction of sp³-hybridized carbons (Fsp3) is 0.611. The number of halogens is 1. The van der Waals surface area contributed by atoms with Gasteiger partial charge < -0.3 is 9.47 Å². The van der Waals surface area contributed by atoms with Gasteiger partial charge in [0.2, 0.25) is 0 Å². The minimum atomic E-state index is -0.694. The van der Waals surface area contributed by atoms with Gasteiger partial charge in [0, 0.05) is 5.33 Å². The smallest absolute Gasteiger partial charge is 0.412 e. The molecule has 0 spiro atoms. The average molecular weight is 384 g/mol. The van der Waals surface area contributed by atoms with E-state index in [0.717, 1.165) is 6.42 Å². The predicted molar refractivity (Wildman–Crippen MR) is 94.8 cm³/mol. The first-order valence-electron chi connectivity index (χ1n) is 7.94. The Morgan fingerprint density at radius 1 is 1.30 bits per heavy atom. The maximum Gasteiger partial charge on any atom is 0.412 e. The standard InChI is InChI=1S/C18H26BrNO3/c1-17(2,3)23-16(21)20-14(11-13-9-7-6-8-10-13)15(12-19)22-18(20,4)5/h6-10,14-15H,11-12H2,1-5H3/t14-,15+/m0/s1. The van der Waals surface area contributed by atoms with Gasteiger partial charge in [-0.1, -0.05) is 46.3 Å². The van der Waals surface area contributed by atoms with Crippen LogP contribution in [-0.2, 0) is 15.9 Å². The molecule has 0 bridgehead atoms.